The molecule has 0 aliphatic carbocycles. The van der Waals surface area contributed by atoms with Crippen molar-refractivity contribution in [1.82, 2.24) is 15.3 Å². The zero-order chi connectivity index (χ0) is 16.9. The summed E-state index contributed by atoms with van der Waals surface area (Å²) in [5.74, 6) is 0.293. The number of rotatable bonds is 6. The van der Waals surface area contributed by atoms with Crippen LogP contribution in [0.1, 0.15) is 0 Å². The molecule has 1 N–H and O–H groups in total. The number of carbonyl (C=O) groups is 2. The lowest BCUT2D eigenvalue weighted by atomic mass is 10.3. The van der Waals surface area contributed by atoms with Crippen molar-refractivity contribution >= 4 is 62.1 Å². The van der Waals surface area contributed by atoms with Gasteiger partial charge in [-0.15, -0.1) is 23.0 Å². The molecular formula is C15H14N4O2S3. The molecule has 1 aliphatic rings. The zero-order valence-corrected chi connectivity index (χ0v) is 15.0. The van der Waals surface area contributed by atoms with Crippen LogP contribution in [0.25, 0.3) is 10.2 Å². The SMILES string of the molecule is C=CCN1C(=O)CSC1=NNC(=O)CSc1nc2ccccc2s1. The van der Waals surface area contributed by atoms with Crippen LogP contribution in [0, 0.1) is 0 Å². The van der Waals surface area contributed by atoms with Crippen molar-refractivity contribution in [2.24, 2.45) is 5.10 Å². The van der Waals surface area contributed by atoms with Crippen LogP contribution in [0.2, 0.25) is 0 Å². The number of carbonyl (C=O) groups excluding carboxylic acids is 2. The van der Waals surface area contributed by atoms with E-state index in [1.54, 1.807) is 17.4 Å². The fourth-order valence-electron chi connectivity index (χ4n) is 1.97. The number of fused-ring (bicyclic) bond motifs is 1. The van der Waals surface area contributed by atoms with Crippen LogP contribution in [0.4, 0.5) is 0 Å². The first kappa shape index (κ1) is 17.0. The van der Waals surface area contributed by atoms with Crippen LogP contribution in [-0.4, -0.2) is 44.9 Å². The molecule has 0 spiro atoms. The lowest BCUT2D eigenvalue weighted by Gasteiger charge is -2.12. The number of nitrogens with one attached hydrogen (secondary N) is 1. The number of amidine groups is 1. The van der Waals surface area contributed by atoms with Crippen LogP contribution in [0.5, 0.6) is 0 Å². The Kier molecular flexibility index (Phi) is 5.54. The van der Waals surface area contributed by atoms with Crippen molar-refractivity contribution in [1.29, 1.82) is 0 Å². The Balaban J connectivity index is 1.54. The molecule has 2 amide bonds. The average molecular weight is 379 g/mol. The molecule has 0 saturated carbocycles. The summed E-state index contributed by atoms with van der Waals surface area (Å²) in [6.07, 6.45) is 1.63. The summed E-state index contributed by atoms with van der Waals surface area (Å²) in [5.41, 5.74) is 3.43. The van der Waals surface area contributed by atoms with Crippen molar-refractivity contribution in [3.8, 4) is 0 Å². The second kappa shape index (κ2) is 7.82. The minimum Gasteiger partial charge on any atom is -0.285 e. The predicted octanol–water partition coefficient (Wildman–Crippen LogP) is 2.54. The quantitative estimate of drug-likeness (QED) is 0.475. The van der Waals surface area contributed by atoms with E-state index in [-0.39, 0.29) is 17.6 Å². The molecule has 1 fully saturated rings. The highest BCUT2D eigenvalue weighted by molar-refractivity contribution is 8.15. The van der Waals surface area contributed by atoms with Crippen LogP contribution in [0.15, 0.2) is 46.4 Å². The molecule has 0 bridgehead atoms. The number of hydrogen-bond acceptors (Lipinski definition) is 7. The monoisotopic (exact) mass is 378 g/mol. The molecular weight excluding hydrogens is 364 g/mol. The van der Waals surface area contributed by atoms with E-state index in [0.29, 0.717) is 17.5 Å². The highest BCUT2D eigenvalue weighted by atomic mass is 32.2. The summed E-state index contributed by atoms with van der Waals surface area (Å²) in [6, 6.07) is 7.86. The first-order valence-electron chi connectivity index (χ1n) is 7.06. The van der Waals surface area contributed by atoms with Crippen LogP contribution in [0.3, 0.4) is 0 Å². The van der Waals surface area contributed by atoms with Crippen LogP contribution < -0.4 is 5.43 Å². The number of nitrogens with zero attached hydrogens (tertiary/aromatic N) is 3. The van der Waals surface area contributed by atoms with E-state index < -0.39 is 0 Å². The Morgan fingerprint density at radius 1 is 1.50 bits per heavy atom. The number of benzene rings is 1. The van der Waals surface area contributed by atoms with Gasteiger partial charge < -0.3 is 0 Å². The maximum Gasteiger partial charge on any atom is 0.250 e. The standard InChI is InChI=1S/C15H14N4O2S3/c1-2-7-19-13(21)9-22-14(19)18-17-12(20)8-23-15-16-10-5-3-4-6-11(10)24-15/h2-6H,1,7-9H2,(H,17,20). The summed E-state index contributed by atoms with van der Waals surface area (Å²) >= 11 is 4.23. The average Bonchev–Trinajstić information content (AvgIpc) is 3.15. The van der Waals surface area contributed by atoms with Gasteiger partial charge >= 0.3 is 0 Å². The third-order valence-corrected chi connectivity index (χ3v) is 6.19. The smallest absolute Gasteiger partial charge is 0.250 e. The number of thioether (sulfide) groups is 2. The Labute approximate surface area is 151 Å². The minimum absolute atomic E-state index is 0.0308. The summed E-state index contributed by atoms with van der Waals surface area (Å²) < 4.78 is 1.94. The van der Waals surface area contributed by atoms with E-state index in [0.717, 1.165) is 14.6 Å². The molecule has 2 aromatic rings. The number of hydrazone groups is 1. The molecule has 0 radical (unpaired) electrons. The van der Waals surface area contributed by atoms with Crippen molar-refractivity contribution < 1.29 is 9.59 Å². The van der Waals surface area contributed by atoms with Crippen molar-refractivity contribution in [2.45, 2.75) is 4.34 Å². The van der Waals surface area contributed by atoms with Gasteiger partial charge in [0.25, 0.3) is 5.91 Å². The molecule has 1 aromatic heterocycles. The first-order chi connectivity index (χ1) is 11.7. The first-order valence-corrected chi connectivity index (χ1v) is 9.85. The van der Waals surface area contributed by atoms with Gasteiger partial charge in [0.1, 0.15) is 0 Å². The van der Waals surface area contributed by atoms with Gasteiger partial charge in [0.15, 0.2) is 9.51 Å². The van der Waals surface area contributed by atoms with E-state index in [4.69, 9.17) is 0 Å². The zero-order valence-electron chi connectivity index (χ0n) is 12.6. The van der Waals surface area contributed by atoms with Crippen LogP contribution >= 0.6 is 34.9 Å². The molecule has 0 unspecified atom stereocenters. The molecule has 1 aliphatic heterocycles. The lowest BCUT2D eigenvalue weighted by molar-refractivity contribution is -0.124. The van der Waals surface area contributed by atoms with E-state index in [1.165, 1.54) is 28.4 Å². The van der Waals surface area contributed by atoms with E-state index >= 15 is 0 Å². The Hall–Kier alpha value is -1.84. The predicted molar refractivity (Wildman–Crippen MR) is 100 cm³/mol. The summed E-state index contributed by atoms with van der Waals surface area (Å²) in [6.45, 7) is 4.00. The second-order valence-electron chi connectivity index (χ2n) is 4.75. The van der Waals surface area contributed by atoms with Gasteiger partial charge in [-0.3, -0.25) is 14.5 Å². The molecule has 1 saturated heterocycles. The fourth-order valence-corrected chi connectivity index (χ4v) is 4.68. The minimum atomic E-state index is -0.231. The van der Waals surface area contributed by atoms with E-state index in [2.05, 4.69) is 22.1 Å². The van der Waals surface area contributed by atoms with Gasteiger partial charge in [-0.05, 0) is 12.1 Å². The molecule has 24 heavy (non-hydrogen) atoms. The molecule has 2 heterocycles. The van der Waals surface area contributed by atoms with Crippen LogP contribution in [-0.2, 0) is 9.59 Å². The fraction of sp³-hybridized carbons (Fsp3) is 0.200. The summed E-state index contributed by atoms with van der Waals surface area (Å²) in [5, 5.41) is 4.53. The largest absolute Gasteiger partial charge is 0.285 e. The number of amides is 2. The van der Waals surface area contributed by atoms with E-state index in [9.17, 15) is 9.59 Å². The normalized spacial score (nSPS) is 16.1. The number of para-hydroxylation sites is 1. The summed E-state index contributed by atoms with van der Waals surface area (Å²) in [4.78, 5) is 29.6. The van der Waals surface area contributed by atoms with E-state index in [1.807, 2.05) is 24.3 Å². The molecule has 9 heteroatoms. The highest BCUT2D eigenvalue weighted by Crippen LogP contribution is 2.29. The number of hydrogen-bond donors (Lipinski definition) is 1. The molecule has 3 rings (SSSR count). The molecule has 6 nitrogen and oxygen atoms in total. The molecule has 0 atom stereocenters. The third-order valence-electron chi connectivity index (χ3n) is 3.05. The Morgan fingerprint density at radius 2 is 2.33 bits per heavy atom. The Morgan fingerprint density at radius 3 is 3.12 bits per heavy atom. The Bertz CT molecular complexity index is 785. The second-order valence-corrected chi connectivity index (χ2v) is 7.94. The van der Waals surface area contributed by atoms with Crippen molar-refractivity contribution in [3.05, 3.63) is 36.9 Å². The summed E-state index contributed by atoms with van der Waals surface area (Å²) in [7, 11) is 0. The van der Waals surface area contributed by atoms with Gasteiger partial charge in [-0.25, -0.2) is 10.4 Å². The van der Waals surface area contributed by atoms with Crippen molar-refractivity contribution in [2.75, 3.05) is 18.1 Å². The van der Waals surface area contributed by atoms with Gasteiger partial charge in [0, 0.05) is 6.54 Å². The lowest BCUT2D eigenvalue weighted by Crippen LogP contribution is -2.32. The topological polar surface area (TPSA) is 74.7 Å². The molecule has 124 valence electrons. The van der Waals surface area contributed by atoms with Crippen molar-refractivity contribution in [3.63, 3.8) is 0 Å². The van der Waals surface area contributed by atoms with Gasteiger partial charge in [0.2, 0.25) is 5.91 Å². The van der Waals surface area contributed by atoms with Gasteiger partial charge in [-0.2, -0.15) is 0 Å². The highest BCUT2D eigenvalue weighted by Gasteiger charge is 2.27. The third kappa shape index (κ3) is 3.97. The number of aromatic nitrogens is 1. The maximum atomic E-state index is 11.9. The maximum absolute atomic E-state index is 11.9. The van der Waals surface area contributed by atoms with Gasteiger partial charge in [0.05, 0.1) is 21.7 Å². The number of thiazole rings is 1. The molecule has 1 aromatic carbocycles. The van der Waals surface area contributed by atoms with Gasteiger partial charge in [-0.1, -0.05) is 41.7 Å².